The summed E-state index contributed by atoms with van der Waals surface area (Å²) in [4.78, 5) is 27.3. The van der Waals surface area contributed by atoms with Gasteiger partial charge in [-0.15, -0.1) is 0 Å². The molecule has 0 aromatic heterocycles. The van der Waals surface area contributed by atoms with Crippen LogP contribution in [0.4, 0.5) is 5.69 Å². The van der Waals surface area contributed by atoms with Crippen molar-refractivity contribution in [2.45, 2.75) is 44.9 Å². The van der Waals surface area contributed by atoms with Crippen LogP contribution in [0.3, 0.4) is 0 Å². The van der Waals surface area contributed by atoms with Gasteiger partial charge in [0, 0.05) is 42.6 Å². The van der Waals surface area contributed by atoms with Crippen molar-refractivity contribution >= 4 is 17.5 Å². The molecule has 4 aliphatic rings. The third-order valence-electron chi connectivity index (χ3n) is 6.82. The molecule has 6 nitrogen and oxygen atoms in total. The molecule has 2 aliphatic heterocycles. The zero-order chi connectivity index (χ0) is 18.4. The van der Waals surface area contributed by atoms with Crippen LogP contribution in [-0.2, 0) is 9.59 Å². The third kappa shape index (κ3) is 3.15. The molecule has 6 heteroatoms. The number of amides is 2. The van der Waals surface area contributed by atoms with Crippen molar-refractivity contribution in [1.29, 1.82) is 0 Å². The Bertz CT molecular complexity index is 773. The average Bonchev–Trinajstić information content (AvgIpc) is 3.10. The molecule has 2 amide bonds. The van der Waals surface area contributed by atoms with Crippen LogP contribution < -0.4 is 14.8 Å². The Morgan fingerprint density at radius 1 is 1.19 bits per heavy atom. The standard InChI is InChI=1S/C21H26N2O4/c24-19(9-14-3-1-2-4-14)23-8-7-21(12-23)11-16(21)20(25)22-15-5-6-17-18(10-15)27-13-26-17/h5-6,10,14,16H,1-4,7-9,11-13H2,(H,22,25)/t16-,21-/m1/s1. The number of anilines is 1. The predicted octanol–water partition coefficient (Wildman–Crippen LogP) is 3.17. The van der Waals surface area contributed by atoms with Crippen molar-refractivity contribution in [2.24, 2.45) is 17.3 Å². The van der Waals surface area contributed by atoms with Gasteiger partial charge in [0.1, 0.15) is 0 Å². The quantitative estimate of drug-likeness (QED) is 0.884. The Morgan fingerprint density at radius 3 is 2.85 bits per heavy atom. The van der Waals surface area contributed by atoms with Crippen LogP contribution in [0.15, 0.2) is 18.2 Å². The number of carbonyl (C=O) groups excluding carboxylic acids is 2. The Morgan fingerprint density at radius 2 is 2.00 bits per heavy atom. The normalized spacial score (nSPS) is 28.7. The van der Waals surface area contributed by atoms with E-state index in [1.807, 2.05) is 17.0 Å². The molecule has 2 heterocycles. The Kier molecular flexibility index (Phi) is 4.02. The lowest BCUT2D eigenvalue weighted by molar-refractivity contribution is -0.131. The van der Waals surface area contributed by atoms with Gasteiger partial charge in [-0.3, -0.25) is 9.59 Å². The number of nitrogens with one attached hydrogen (secondary N) is 1. The van der Waals surface area contributed by atoms with Crippen molar-refractivity contribution in [3.8, 4) is 11.5 Å². The summed E-state index contributed by atoms with van der Waals surface area (Å²) in [7, 11) is 0. The van der Waals surface area contributed by atoms with Crippen molar-refractivity contribution in [3.63, 3.8) is 0 Å². The molecule has 144 valence electrons. The summed E-state index contributed by atoms with van der Waals surface area (Å²) >= 11 is 0. The van der Waals surface area contributed by atoms with Gasteiger partial charge in [0.15, 0.2) is 11.5 Å². The molecule has 27 heavy (non-hydrogen) atoms. The van der Waals surface area contributed by atoms with Gasteiger partial charge in [0.2, 0.25) is 18.6 Å². The van der Waals surface area contributed by atoms with Crippen LogP contribution in [0.25, 0.3) is 0 Å². The van der Waals surface area contributed by atoms with Gasteiger partial charge < -0.3 is 19.7 Å². The molecule has 1 saturated heterocycles. The number of likely N-dealkylation sites (tertiary alicyclic amines) is 1. The van der Waals surface area contributed by atoms with Gasteiger partial charge in [-0.25, -0.2) is 0 Å². The minimum Gasteiger partial charge on any atom is -0.454 e. The summed E-state index contributed by atoms with van der Waals surface area (Å²) in [5.41, 5.74) is 0.740. The first-order chi connectivity index (χ1) is 13.1. The molecule has 1 aromatic rings. The Balaban J connectivity index is 1.16. The van der Waals surface area contributed by atoms with Crippen LogP contribution in [0, 0.1) is 17.3 Å². The van der Waals surface area contributed by atoms with Crippen LogP contribution in [-0.4, -0.2) is 36.6 Å². The van der Waals surface area contributed by atoms with E-state index in [1.165, 1.54) is 25.7 Å². The van der Waals surface area contributed by atoms with E-state index < -0.39 is 0 Å². The van der Waals surface area contributed by atoms with Crippen molar-refractivity contribution < 1.29 is 19.1 Å². The van der Waals surface area contributed by atoms with Gasteiger partial charge in [-0.05, 0) is 43.7 Å². The molecule has 1 spiro atoms. The predicted molar refractivity (Wildman–Crippen MR) is 99.5 cm³/mol. The maximum Gasteiger partial charge on any atom is 0.231 e. The molecular formula is C21H26N2O4. The lowest BCUT2D eigenvalue weighted by atomic mass is 10.0. The smallest absolute Gasteiger partial charge is 0.231 e. The fraction of sp³-hybridized carbons (Fsp3) is 0.619. The summed E-state index contributed by atoms with van der Waals surface area (Å²) in [6.07, 6.45) is 7.47. The second-order valence-corrected chi connectivity index (χ2v) is 8.60. The highest BCUT2D eigenvalue weighted by Gasteiger charge is 2.61. The summed E-state index contributed by atoms with van der Waals surface area (Å²) in [5, 5.41) is 3.01. The first-order valence-electron chi connectivity index (χ1n) is 10.1. The van der Waals surface area contributed by atoms with E-state index in [-0.39, 0.29) is 24.0 Å². The molecule has 0 bridgehead atoms. The summed E-state index contributed by atoms with van der Waals surface area (Å²) < 4.78 is 10.7. The molecule has 3 fully saturated rings. The molecule has 5 rings (SSSR count). The van der Waals surface area contributed by atoms with E-state index in [0.717, 1.165) is 31.6 Å². The molecule has 0 radical (unpaired) electrons. The second kappa shape index (κ2) is 6.43. The minimum absolute atomic E-state index is 0.00571. The van der Waals surface area contributed by atoms with Gasteiger partial charge in [-0.2, -0.15) is 0 Å². The highest BCUT2D eigenvalue weighted by atomic mass is 16.7. The van der Waals surface area contributed by atoms with Gasteiger partial charge in [0.05, 0.1) is 0 Å². The minimum atomic E-state index is 0.00571. The van der Waals surface area contributed by atoms with E-state index in [0.29, 0.717) is 29.7 Å². The number of carbonyl (C=O) groups is 2. The van der Waals surface area contributed by atoms with Crippen LogP contribution >= 0.6 is 0 Å². The average molecular weight is 370 g/mol. The zero-order valence-corrected chi connectivity index (χ0v) is 15.5. The first kappa shape index (κ1) is 16.9. The number of ether oxygens (including phenoxy) is 2. The summed E-state index contributed by atoms with van der Waals surface area (Å²) in [5.74, 6) is 2.32. The lowest BCUT2D eigenvalue weighted by Crippen LogP contribution is -2.31. The van der Waals surface area contributed by atoms with Crippen molar-refractivity contribution in [3.05, 3.63) is 18.2 Å². The third-order valence-corrected chi connectivity index (χ3v) is 6.82. The zero-order valence-electron chi connectivity index (χ0n) is 15.5. The second-order valence-electron chi connectivity index (χ2n) is 8.60. The Labute approximate surface area is 159 Å². The number of rotatable bonds is 4. The molecule has 1 aromatic carbocycles. The van der Waals surface area contributed by atoms with E-state index in [1.54, 1.807) is 6.07 Å². The molecular weight excluding hydrogens is 344 g/mol. The van der Waals surface area contributed by atoms with E-state index in [4.69, 9.17) is 9.47 Å². The van der Waals surface area contributed by atoms with Crippen LogP contribution in [0.1, 0.15) is 44.9 Å². The maximum atomic E-state index is 12.7. The van der Waals surface area contributed by atoms with E-state index in [2.05, 4.69) is 5.32 Å². The van der Waals surface area contributed by atoms with Gasteiger partial charge in [-0.1, -0.05) is 12.8 Å². The number of benzene rings is 1. The van der Waals surface area contributed by atoms with E-state index >= 15 is 0 Å². The number of nitrogens with zero attached hydrogens (tertiary/aromatic N) is 1. The molecule has 2 aliphatic carbocycles. The van der Waals surface area contributed by atoms with Crippen LogP contribution in [0.5, 0.6) is 11.5 Å². The van der Waals surface area contributed by atoms with Crippen molar-refractivity contribution in [1.82, 2.24) is 4.90 Å². The molecule has 2 atom stereocenters. The van der Waals surface area contributed by atoms with Crippen molar-refractivity contribution in [2.75, 3.05) is 25.2 Å². The summed E-state index contributed by atoms with van der Waals surface area (Å²) in [6.45, 7) is 1.78. The lowest BCUT2D eigenvalue weighted by Gasteiger charge is -2.19. The molecule has 0 unspecified atom stereocenters. The highest BCUT2D eigenvalue weighted by Crippen LogP contribution is 2.59. The fourth-order valence-corrected chi connectivity index (χ4v) is 5.07. The van der Waals surface area contributed by atoms with E-state index in [9.17, 15) is 9.59 Å². The molecule has 2 saturated carbocycles. The number of fused-ring (bicyclic) bond motifs is 1. The van der Waals surface area contributed by atoms with Gasteiger partial charge in [0.25, 0.3) is 0 Å². The maximum absolute atomic E-state index is 12.7. The Hall–Kier alpha value is -2.24. The largest absolute Gasteiger partial charge is 0.454 e. The number of hydrogen-bond acceptors (Lipinski definition) is 4. The topological polar surface area (TPSA) is 67.9 Å². The van der Waals surface area contributed by atoms with Gasteiger partial charge >= 0.3 is 0 Å². The van der Waals surface area contributed by atoms with Crippen LogP contribution in [0.2, 0.25) is 0 Å². The monoisotopic (exact) mass is 370 g/mol. The first-order valence-corrected chi connectivity index (χ1v) is 10.1. The summed E-state index contributed by atoms with van der Waals surface area (Å²) in [6, 6.07) is 5.47. The number of hydrogen-bond donors (Lipinski definition) is 1. The molecule has 1 N–H and O–H groups in total. The SMILES string of the molecule is O=C(Nc1ccc2c(c1)OCO2)[C@H]1C[C@@]12CCN(C(=O)CC1CCCC1)C2. The fourth-order valence-electron chi connectivity index (χ4n) is 5.07. The highest BCUT2D eigenvalue weighted by molar-refractivity contribution is 5.95.